The molecule has 0 aliphatic carbocycles. The molecule has 0 heterocycles. The van der Waals surface area contributed by atoms with E-state index < -0.39 is 12.3 Å². The second kappa shape index (κ2) is 4.91. The molecule has 0 fully saturated rings. The molecular formula is C8H10F2. The predicted octanol–water partition coefficient (Wildman–Crippen LogP) is 2.59. The van der Waals surface area contributed by atoms with Crippen LogP contribution in [-0.2, 0) is 0 Å². The molecular weight excluding hydrogens is 134 g/mol. The Balaban J connectivity index is 3.73. The summed E-state index contributed by atoms with van der Waals surface area (Å²) in [5.74, 6) is 0. The van der Waals surface area contributed by atoms with Crippen molar-refractivity contribution in [3.8, 4) is 0 Å². The number of allylic oxidation sites excluding steroid dienone is 4. The van der Waals surface area contributed by atoms with Crippen LogP contribution in [0.5, 0.6) is 0 Å². The normalized spacial score (nSPS) is 16.6. The highest BCUT2D eigenvalue weighted by molar-refractivity contribution is 5.04. The van der Waals surface area contributed by atoms with Crippen LogP contribution < -0.4 is 0 Å². The Morgan fingerprint density at radius 2 is 1.20 bits per heavy atom. The van der Waals surface area contributed by atoms with Crippen LogP contribution in [0.4, 0.5) is 8.78 Å². The highest BCUT2D eigenvalue weighted by atomic mass is 19.1. The third-order valence-electron chi connectivity index (χ3n) is 0.929. The quantitative estimate of drug-likeness (QED) is 0.532. The van der Waals surface area contributed by atoms with Crippen LogP contribution in [0.25, 0.3) is 0 Å². The van der Waals surface area contributed by atoms with Gasteiger partial charge in [0.25, 0.3) is 0 Å². The Hall–Kier alpha value is -0.920. The van der Waals surface area contributed by atoms with Gasteiger partial charge >= 0.3 is 0 Å². The van der Waals surface area contributed by atoms with E-state index in [4.69, 9.17) is 0 Å². The Labute approximate surface area is 59.6 Å². The number of halogens is 2. The lowest BCUT2D eigenvalue weighted by Crippen LogP contribution is -1.91. The van der Waals surface area contributed by atoms with Crippen LogP contribution in [0.1, 0.15) is 0 Å². The maximum atomic E-state index is 12.2. The van der Waals surface area contributed by atoms with Gasteiger partial charge in [-0.15, -0.1) is 0 Å². The molecule has 0 radical (unpaired) electrons. The molecule has 2 heteroatoms. The maximum Gasteiger partial charge on any atom is 0.136 e. The Morgan fingerprint density at radius 3 is 1.40 bits per heavy atom. The topological polar surface area (TPSA) is 0 Å². The minimum atomic E-state index is -1.27. The molecule has 0 aliphatic heterocycles. The molecule has 0 N–H and O–H groups in total. The van der Waals surface area contributed by atoms with E-state index >= 15 is 0 Å². The summed E-state index contributed by atoms with van der Waals surface area (Å²) in [6.45, 7) is 6.38. The highest BCUT2D eigenvalue weighted by Crippen LogP contribution is 1.98. The third-order valence-corrected chi connectivity index (χ3v) is 0.929. The molecule has 2 atom stereocenters. The van der Waals surface area contributed by atoms with E-state index in [2.05, 4.69) is 13.2 Å². The van der Waals surface area contributed by atoms with Crippen molar-refractivity contribution in [1.82, 2.24) is 0 Å². The standard InChI is InChI=1S/C8H10F2/c1-3-7(9)5-6-8(10)4-2/h3-8H,1-2H2. The van der Waals surface area contributed by atoms with Crippen molar-refractivity contribution < 1.29 is 8.78 Å². The highest BCUT2D eigenvalue weighted by Gasteiger charge is 1.95. The molecule has 0 nitrogen and oxygen atoms in total. The van der Waals surface area contributed by atoms with Crippen molar-refractivity contribution in [2.24, 2.45) is 0 Å². The lowest BCUT2D eigenvalue weighted by Gasteiger charge is -1.93. The van der Waals surface area contributed by atoms with Gasteiger partial charge in [-0.05, 0) is 12.2 Å². The third kappa shape index (κ3) is 4.01. The average Bonchev–Trinajstić information content (AvgIpc) is 1.99. The number of alkyl halides is 2. The lowest BCUT2D eigenvalue weighted by molar-refractivity contribution is 0.448. The van der Waals surface area contributed by atoms with E-state index in [0.29, 0.717) is 0 Å². The first-order valence-electron chi connectivity index (χ1n) is 2.92. The summed E-state index contributed by atoms with van der Waals surface area (Å²) >= 11 is 0. The molecule has 2 unspecified atom stereocenters. The van der Waals surface area contributed by atoms with E-state index in [1.54, 1.807) is 0 Å². The van der Waals surface area contributed by atoms with Crippen LogP contribution in [-0.4, -0.2) is 12.3 Å². The van der Waals surface area contributed by atoms with Gasteiger partial charge in [-0.1, -0.05) is 25.3 Å². The van der Waals surface area contributed by atoms with Crippen LogP contribution in [0.15, 0.2) is 37.5 Å². The molecule has 56 valence electrons. The largest absolute Gasteiger partial charge is 0.238 e. The summed E-state index contributed by atoms with van der Waals surface area (Å²) in [4.78, 5) is 0. The van der Waals surface area contributed by atoms with Gasteiger partial charge in [-0.25, -0.2) is 8.78 Å². The second-order valence-electron chi connectivity index (χ2n) is 1.75. The maximum absolute atomic E-state index is 12.2. The smallest absolute Gasteiger partial charge is 0.136 e. The SMILES string of the molecule is C=CC(F)C=CC(F)C=C. The van der Waals surface area contributed by atoms with Crippen molar-refractivity contribution in [3.63, 3.8) is 0 Å². The first-order valence-corrected chi connectivity index (χ1v) is 2.92. The summed E-state index contributed by atoms with van der Waals surface area (Å²) in [6.07, 6.45) is 1.84. The first kappa shape index (κ1) is 9.08. The molecule has 0 rings (SSSR count). The van der Waals surface area contributed by atoms with Crippen molar-refractivity contribution in [2.75, 3.05) is 0 Å². The van der Waals surface area contributed by atoms with Gasteiger partial charge in [0.1, 0.15) is 12.3 Å². The van der Waals surface area contributed by atoms with Crippen LogP contribution in [0.2, 0.25) is 0 Å². The van der Waals surface area contributed by atoms with Gasteiger partial charge in [0.05, 0.1) is 0 Å². The summed E-state index contributed by atoms with van der Waals surface area (Å²) in [6, 6.07) is 0. The molecule has 0 aliphatic rings. The minimum absolute atomic E-state index is 1.09. The summed E-state index contributed by atoms with van der Waals surface area (Å²) < 4.78 is 24.4. The molecule has 0 aromatic carbocycles. The van der Waals surface area contributed by atoms with Gasteiger partial charge in [0.2, 0.25) is 0 Å². The van der Waals surface area contributed by atoms with Gasteiger partial charge in [0, 0.05) is 0 Å². The Bertz CT molecular complexity index is 122. The molecule has 0 bridgehead atoms. The average molecular weight is 144 g/mol. The van der Waals surface area contributed by atoms with Gasteiger partial charge in [0.15, 0.2) is 0 Å². The van der Waals surface area contributed by atoms with Crippen molar-refractivity contribution in [1.29, 1.82) is 0 Å². The number of hydrogen-bond acceptors (Lipinski definition) is 0. The molecule has 0 saturated carbocycles. The molecule has 0 amide bonds. The van der Waals surface area contributed by atoms with E-state index in [1.807, 2.05) is 0 Å². The molecule has 10 heavy (non-hydrogen) atoms. The van der Waals surface area contributed by atoms with Crippen LogP contribution >= 0.6 is 0 Å². The Kier molecular flexibility index (Phi) is 4.46. The molecule has 0 saturated heterocycles. The van der Waals surface area contributed by atoms with Gasteiger partial charge < -0.3 is 0 Å². The fourth-order valence-electron chi connectivity index (χ4n) is 0.369. The van der Waals surface area contributed by atoms with E-state index in [-0.39, 0.29) is 0 Å². The zero-order chi connectivity index (χ0) is 7.98. The van der Waals surface area contributed by atoms with Gasteiger partial charge in [-0.3, -0.25) is 0 Å². The second-order valence-corrected chi connectivity index (χ2v) is 1.75. The molecule has 0 aromatic rings. The van der Waals surface area contributed by atoms with Crippen molar-refractivity contribution in [3.05, 3.63) is 37.5 Å². The molecule has 0 aromatic heterocycles. The van der Waals surface area contributed by atoms with Gasteiger partial charge in [-0.2, -0.15) is 0 Å². The van der Waals surface area contributed by atoms with Crippen molar-refractivity contribution in [2.45, 2.75) is 12.3 Å². The van der Waals surface area contributed by atoms with E-state index in [1.165, 1.54) is 0 Å². The van der Waals surface area contributed by atoms with Crippen LogP contribution in [0, 0.1) is 0 Å². The van der Waals surface area contributed by atoms with E-state index in [0.717, 1.165) is 24.3 Å². The minimum Gasteiger partial charge on any atom is -0.238 e. The van der Waals surface area contributed by atoms with Crippen molar-refractivity contribution >= 4 is 0 Å². The lowest BCUT2D eigenvalue weighted by atomic mass is 10.3. The fourth-order valence-corrected chi connectivity index (χ4v) is 0.369. The fraction of sp³-hybridized carbons (Fsp3) is 0.250. The zero-order valence-electron chi connectivity index (χ0n) is 5.63. The predicted molar refractivity (Wildman–Crippen MR) is 39.3 cm³/mol. The molecule has 0 spiro atoms. The summed E-state index contributed by atoms with van der Waals surface area (Å²) in [5.41, 5.74) is 0. The summed E-state index contributed by atoms with van der Waals surface area (Å²) in [5, 5.41) is 0. The van der Waals surface area contributed by atoms with Crippen LogP contribution in [0.3, 0.4) is 0 Å². The summed E-state index contributed by atoms with van der Waals surface area (Å²) in [7, 11) is 0. The first-order chi connectivity index (χ1) is 4.70. The monoisotopic (exact) mass is 144 g/mol. The number of hydrogen-bond donors (Lipinski definition) is 0. The number of rotatable bonds is 4. The van der Waals surface area contributed by atoms with E-state index in [9.17, 15) is 8.78 Å². The zero-order valence-corrected chi connectivity index (χ0v) is 5.63. The Morgan fingerprint density at radius 1 is 0.900 bits per heavy atom.